The fraction of sp³-hybridized carbons (Fsp3) is 0.500. The first-order valence-corrected chi connectivity index (χ1v) is 5.24. The molecule has 0 unspecified atom stereocenters. The lowest BCUT2D eigenvalue weighted by Gasteiger charge is -2.19. The minimum Gasteiger partial charge on any atom is -0.399 e. The van der Waals surface area contributed by atoms with Crippen LogP contribution in [0.4, 0.5) is 11.4 Å². The third kappa shape index (κ3) is 2.00. The molecule has 1 fully saturated rings. The maximum absolute atomic E-state index is 5.78. The number of hydrogen-bond acceptors (Lipinski definition) is 2. The molecule has 1 aromatic rings. The van der Waals surface area contributed by atoms with E-state index in [9.17, 15) is 0 Å². The van der Waals surface area contributed by atoms with Gasteiger partial charge >= 0.3 is 0 Å². The van der Waals surface area contributed by atoms with E-state index in [4.69, 9.17) is 5.73 Å². The zero-order valence-corrected chi connectivity index (χ0v) is 8.96. The van der Waals surface area contributed by atoms with Crippen LogP contribution in [0.1, 0.15) is 18.4 Å². The van der Waals surface area contributed by atoms with E-state index in [1.165, 1.54) is 30.6 Å². The maximum Gasteiger partial charge on any atom is 0.0367 e. The van der Waals surface area contributed by atoms with E-state index in [0.717, 1.165) is 11.6 Å². The molecule has 0 aliphatic heterocycles. The molecule has 0 bridgehead atoms. The molecule has 0 spiro atoms. The number of nitrogen functional groups attached to an aromatic ring is 1. The number of nitrogens with two attached hydrogens (primary N) is 1. The number of nitrogens with zero attached hydrogens (tertiary/aromatic N) is 1. The van der Waals surface area contributed by atoms with Crippen LogP contribution in [0.2, 0.25) is 0 Å². The van der Waals surface area contributed by atoms with E-state index in [1.54, 1.807) is 0 Å². The van der Waals surface area contributed by atoms with Crippen LogP contribution in [-0.4, -0.2) is 13.6 Å². The Hall–Kier alpha value is -1.18. The highest BCUT2D eigenvalue weighted by Crippen LogP contribution is 2.31. The molecule has 2 heteroatoms. The molecule has 0 atom stereocenters. The Morgan fingerprint density at radius 3 is 2.71 bits per heavy atom. The van der Waals surface area contributed by atoms with E-state index < -0.39 is 0 Å². The van der Waals surface area contributed by atoms with Crippen molar-refractivity contribution >= 4 is 11.4 Å². The molecule has 0 amide bonds. The topological polar surface area (TPSA) is 29.3 Å². The highest BCUT2D eigenvalue weighted by Gasteiger charge is 2.22. The monoisotopic (exact) mass is 190 g/mol. The molecular weight excluding hydrogens is 172 g/mol. The largest absolute Gasteiger partial charge is 0.399 e. The summed E-state index contributed by atoms with van der Waals surface area (Å²) in [7, 11) is 2.16. The normalized spacial score (nSPS) is 15.6. The Bertz CT molecular complexity index is 329. The average Bonchev–Trinajstić information content (AvgIpc) is 2.93. The lowest BCUT2D eigenvalue weighted by atomic mass is 10.1. The van der Waals surface area contributed by atoms with E-state index in [-0.39, 0.29) is 0 Å². The summed E-state index contributed by atoms with van der Waals surface area (Å²) in [4.78, 5) is 2.32. The van der Waals surface area contributed by atoms with Gasteiger partial charge in [-0.3, -0.25) is 0 Å². The lowest BCUT2D eigenvalue weighted by Crippen LogP contribution is -2.19. The number of rotatable bonds is 3. The van der Waals surface area contributed by atoms with Gasteiger partial charge in [-0.1, -0.05) is 0 Å². The van der Waals surface area contributed by atoms with Crippen molar-refractivity contribution in [1.82, 2.24) is 0 Å². The predicted molar refractivity (Wildman–Crippen MR) is 61.6 cm³/mol. The number of aryl methyl sites for hydroxylation is 1. The molecule has 2 rings (SSSR count). The van der Waals surface area contributed by atoms with Gasteiger partial charge in [-0.25, -0.2) is 0 Å². The molecule has 0 radical (unpaired) electrons. The Morgan fingerprint density at radius 2 is 2.14 bits per heavy atom. The molecule has 1 aliphatic carbocycles. The molecule has 0 saturated heterocycles. The molecular formula is C12H18N2. The summed E-state index contributed by atoms with van der Waals surface area (Å²) in [6.07, 6.45) is 2.80. The Balaban J connectivity index is 2.10. The van der Waals surface area contributed by atoms with Gasteiger partial charge in [-0.05, 0) is 49.4 Å². The molecule has 1 aromatic carbocycles. The minimum atomic E-state index is 0.883. The van der Waals surface area contributed by atoms with Gasteiger partial charge in [0.2, 0.25) is 0 Å². The summed E-state index contributed by atoms with van der Waals surface area (Å²) in [5, 5.41) is 0. The van der Waals surface area contributed by atoms with Gasteiger partial charge in [-0.15, -0.1) is 0 Å². The predicted octanol–water partition coefficient (Wildman–Crippen LogP) is 2.42. The average molecular weight is 190 g/mol. The highest BCUT2D eigenvalue weighted by molar-refractivity contribution is 5.57. The Labute approximate surface area is 85.7 Å². The van der Waals surface area contributed by atoms with Gasteiger partial charge in [0.05, 0.1) is 0 Å². The van der Waals surface area contributed by atoms with Gasteiger partial charge < -0.3 is 10.6 Å². The molecule has 2 N–H and O–H groups in total. The number of anilines is 2. The molecule has 0 heterocycles. The first-order chi connectivity index (χ1) is 6.66. The van der Waals surface area contributed by atoms with Gasteiger partial charge in [0.25, 0.3) is 0 Å². The van der Waals surface area contributed by atoms with Crippen LogP contribution in [0.5, 0.6) is 0 Å². The fourth-order valence-electron chi connectivity index (χ4n) is 1.69. The van der Waals surface area contributed by atoms with E-state index >= 15 is 0 Å². The molecule has 76 valence electrons. The van der Waals surface area contributed by atoms with Crippen molar-refractivity contribution in [2.24, 2.45) is 5.92 Å². The van der Waals surface area contributed by atoms with Gasteiger partial charge in [0, 0.05) is 25.0 Å². The molecule has 0 aromatic heterocycles. The zero-order chi connectivity index (χ0) is 10.1. The van der Waals surface area contributed by atoms with Crippen LogP contribution in [0.3, 0.4) is 0 Å². The maximum atomic E-state index is 5.78. The SMILES string of the molecule is Cc1cc(N(C)CC2CC2)ccc1N. The van der Waals surface area contributed by atoms with Crippen LogP contribution in [0.25, 0.3) is 0 Å². The second kappa shape index (κ2) is 3.52. The highest BCUT2D eigenvalue weighted by atomic mass is 15.1. The van der Waals surface area contributed by atoms with Crippen molar-refractivity contribution in [3.05, 3.63) is 23.8 Å². The fourth-order valence-corrected chi connectivity index (χ4v) is 1.69. The van der Waals surface area contributed by atoms with Crippen LogP contribution < -0.4 is 10.6 Å². The van der Waals surface area contributed by atoms with E-state index in [1.807, 2.05) is 6.07 Å². The van der Waals surface area contributed by atoms with Crippen molar-refractivity contribution in [2.75, 3.05) is 24.2 Å². The van der Waals surface area contributed by atoms with Gasteiger partial charge in [0.15, 0.2) is 0 Å². The summed E-state index contributed by atoms with van der Waals surface area (Å²) in [5.74, 6) is 0.929. The van der Waals surface area contributed by atoms with Crippen LogP contribution in [-0.2, 0) is 0 Å². The Morgan fingerprint density at radius 1 is 1.43 bits per heavy atom. The smallest absolute Gasteiger partial charge is 0.0367 e. The van der Waals surface area contributed by atoms with Crippen LogP contribution >= 0.6 is 0 Å². The first-order valence-electron chi connectivity index (χ1n) is 5.24. The second-order valence-corrected chi connectivity index (χ2v) is 4.36. The summed E-state index contributed by atoms with van der Waals surface area (Å²) >= 11 is 0. The third-order valence-electron chi connectivity index (χ3n) is 2.92. The molecule has 14 heavy (non-hydrogen) atoms. The summed E-state index contributed by atoms with van der Waals surface area (Å²) < 4.78 is 0. The minimum absolute atomic E-state index is 0.883. The quantitative estimate of drug-likeness (QED) is 0.742. The summed E-state index contributed by atoms with van der Waals surface area (Å²) in [6, 6.07) is 6.26. The van der Waals surface area contributed by atoms with Crippen LogP contribution in [0, 0.1) is 12.8 Å². The standard InChI is InChI=1S/C12H18N2/c1-9-7-11(5-6-12(9)13)14(2)8-10-3-4-10/h5-7,10H,3-4,8,13H2,1-2H3. The van der Waals surface area contributed by atoms with E-state index in [2.05, 4.69) is 31.0 Å². The number of hydrogen-bond donors (Lipinski definition) is 1. The zero-order valence-electron chi connectivity index (χ0n) is 8.96. The molecule has 1 aliphatic rings. The van der Waals surface area contributed by atoms with Gasteiger partial charge in [-0.2, -0.15) is 0 Å². The summed E-state index contributed by atoms with van der Waals surface area (Å²) in [5.41, 5.74) is 9.12. The van der Waals surface area contributed by atoms with E-state index in [0.29, 0.717) is 0 Å². The number of benzene rings is 1. The first kappa shape index (κ1) is 9.38. The van der Waals surface area contributed by atoms with Crippen molar-refractivity contribution in [3.63, 3.8) is 0 Å². The summed E-state index contributed by atoms with van der Waals surface area (Å²) in [6.45, 7) is 3.24. The molecule has 1 saturated carbocycles. The van der Waals surface area contributed by atoms with Gasteiger partial charge in [0.1, 0.15) is 0 Å². The van der Waals surface area contributed by atoms with Crippen molar-refractivity contribution in [1.29, 1.82) is 0 Å². The van der Waals surface area contributed by atoms with Crippen molar-refractivity contribution in [3.8, 4) is 0 Å². The van der Waals surface area contributed by atoms with Crippen molar-refractivity contribution < 1.29 is 0 Å². The lowest BCUT2D eigenvalue weighted by molar-refractivity contribution is 0.787. The second-order valence-electron chi connectivity index (χ2n) is 4.36. The van der Waals surface area contributed by atoms with Crippen LogP contribution in [0.15, 0.2) is 18.2 Å². The molecule has 2 nitrogen and oxygen atoms in total. The Kier molecular flexibility index (Phi) is 2.36. The third-order valence-corrected chi connectivity index (χ3v) is 2.92. The van der Waals surface area contributed by atoms with Crippen molar-refractivity contribution in [2.45, 2.75) is 19.8 Å².